The summed E-state index contributed by atoms with van der Waals surface area (Å²) in [5.41, 5.74) is 1.18. The van der Waals surface area contributed by atoms with Gasteiger partial charge in [-0.05, 0) is 50.2 Å². The van der Waals surface area contributed by atoms with Gasteiger partial charge in [-0.25, -0.2) is 8.42 Å². The van der Waals surface area contributed by atoms with Crippen LogP contribution >= 0.6 is 11.8 Å². The normalized spacial score (nSPS) is 12.8. The highest BCUT2D eigenvalue weighted by Gasteiger charge is 2.21. The average Bonchev–Trinajstić information content (AvgIpc) is 2.49. The zero-order valence-corrected chi connectivity index (χ0v) is 14.3. The number of carboxylic acids is 1. The number of nitrogens with one attached hydrogen (secondary N) is 1. The summed E-state index contributed by atoms with van der Waals surface area (Å²) in [6.45, 7) is 3.29. The van der Waals surface area contributed by atoms with Gasteiger partial charge in [0.15, 0.2) is 0 Å². The molecule has 0 saturated heterocycles. The molecule has 0 spiro atoms. The number of rotatable bonds is 6. The molecule has 0 amide bonds. The van der Waals surface area contributed by atoms with Gasteiger partial charge >= 0.3 is 5.97 Å². The largest absolute Gasteiger partial charge is 0.480 e. The molecule has 0 bridgehead atoms. The number of aliphatic carboxylic acids is 1. The van der Waals surface area contributed by atoms with Crippen LogP contribution in [-0.2, 0) is 14.8 Å². The summed E-state index contributed by atoms with van der Waals surface area (Å²) in [6, 6.07) is 13.2. The predicted molar refractivity (Wildman–Crippen MR) is 89.2 cm³/mol. The van der Waals surface area contributed by atoms with Gasteiger partial charge < -0.3 is 5.11 Å². The first kappa shape index (κ1) is 17.5. The Balaban J connectivity index is 2.12. The predicted octanol–water partition coefficient (Wildman–Crippen LogP) is 2.90. The van der Waals surface area contributed by atoms with Gasteiger partial charge in [-0.1, -0.05) is 29.5 Å². The lowest BCUT2D eigenvalue weighted by atomic mass is 10.2. The van der Waals surface area contributed by atoms with E-state index >= 15 is 0 Å². The molecular weight excluding hydrogens is 334 g/mol. The van der Waals surface area contributed by atoms with Gasteiger partial charge in [0, 0.05) is 9.79 Å². The molecule has 0 aliphatic heterocycles. The van der Waals surface area contributed by atoms with Crippen molar-refractivity contribution in [1.29, 1.82) is 0 Å². The Bertz CT molecular complexity index is 784. The lowest BCUT2D eigenvalue weighted by molar-refractivity contribution is -0.138. The summed E-state index contributed by atoms with van der Waals surface area (Å²) in [4.78, 5) is 12.8. The molecule has 2 aromatic carbocycles. The molecule has 7 heteroatoms. The molecule has 122 valence electrons. The number of benzene rings is 2. The third kappa shape index (κ3) is 4.82. The number of hydrogen-bond acceptors (Lipinski definition) is 4. The van der Waals surface area contributed by atoms with Crippen molar-refractivity contribution in [2.24, 2.45) is 0 Å². The van der Waals surface area contributed by atoms with Crippen molar-refractivity contribution >= 4 is 27.8 Å². The lowest BCUT2D eigenvalue weighted by Crippen LogP contribution is -2.38. The standard InChI is InChI=1S/C16H17NO4S2/c1-11-3-5-13(6-4-11)22-14-7-9-15(10-8-14)23(20,21)17-12(2)16(18)19/h3-10,12,17H,1-2H3,(H,18,19). The van der Waals surface area contributed by atoms with Crippen LogP contribution in [0, 0.1) is 6.92 Å². The minimum Gasteiger partial charge on any atom is -0.480 e. The number of carboxylic acid groups (broad SMARTS) is 1. The molecular formula is C16H17NO4S2. The van der Waals surface area contributed by atoms with Crippen molar-refractivity contribution in [3.63, 3.8) is 0 Å². The Kier molecular flexibility index (Phi) is 5.46. The molecule has 0 heterocycles. The van der Waals surface area contributed by atoms with E-state index < -0.39 is 22.0 Å². The van der Waals surface area contributed by atoms with Gasteiger partial charge in [0.05, 0.1) is 4.90 Å². The molecule has 0 radical (unpaired) electrons. The van der Waals surface area contributed by atoms with Gasteiger partial charge in [-0.2, -0.15) is 4.72 Å². The minimum absolute atomic E-state index is 0.0406. The van der Waals surface area contributed by atoms with Crippen molar-refractivity contribution in [2.45, 2.75) is 34.6 Å². The van der Waals surface area contributed by atoms with E-state index in [9.17, 15) is 13.2 Å². The second-order valence-electron chi connectivity index (χ2n) is 5.07. The molecule has 1 unspecified atom stereocenters. The number of carbonyl (C=O) groups is 1. The Morgan fingerprint density at radius 2 is 1.52 bits per heavy atom. The van der Waals surface area contributed by atoms with Crippen LogP contribution in [0.4, 0.5) is 0 Å². The van der Waals surface area contributed by atoms with Crippen LogP contribution in [0.15, 0.2) is 63.2 Å². The molecule has 0 fully saturated rings. The Morgan fingerprint density at radius 1 is 1.04 bits per heavy atom. The van der Waals surface area contributed by atoms with Crippen molar-refractivity contribution < 1.29 is 18.3 Å². The highest BCUT2D eigenvalue weighted by molar-refractivity contribution is 7.99. The average molecular weight is 351 g/mol. The second kappa shape index (κ2) is 7.16. The van der Waals surface area contributed by atoms with Crippen LogP contribution in [-0.4, -0.2) is 25.5 Å². The molecule has 2 rings (SSSR count). The van der Waals surface area contributed by atoms with Gasteiger partial charge in [-0.3, -0.25) is 4.79 Å². The Morgan fingerprint density at radius 3 is 2.00 bits per heavy atom. The van der Waals surface area contributed by atoms with E-state index in [2.05, 4.69) is 4.72 Å². The molecule has 2 aromatic rings. The highest BCUT2D eigenvalue weighted by Crippen LogP contribution is 2.28. The summed E-state index contributed by atoms with van der Waals surface area (Å²) in [5.74, 6) is -1.22. The van der Waals surface area contributed by atoms with Crippen LogP contribution in [0.3, 0.4) is 0 Å². The van der Waals surface area contributed by atoms with E-state index in [4.69, 9.17) is 5.11 Å². The molecule has 0 aromatic heterocycles. The monoisotopic (exact) mass is 351 g/mol. The van der Waals surface area contributed by atoms with E-state index in [1.165, 1.54) is 36.4 Å². The van der Waals surface area contributed by atoms with Gasteiger partial charge in [0.1, 0.15) is 6.04 Å². The molecule has 23 heavy (non-hydrogen) atoms. The summed E-state index contributed by atoms with van der Waals surface area (Å²) >= 11 is 1.53. The second-order valence-corrected chi connectivity index (χ2v) is 7.93. The zero-order valence-electron chi connectivity index (χ0n) is 12.7. The molecule has 0 aliphatic rings. The minimum atomic E-state index is -3.84. The molecule has 5 nitrogen and oxygen atoms in total. The number of hydrogen-bond donors (Lipinski definition) is 2. The smallest absolute Gasteiger partial charge is 0.321 e. The first-order valence-electron chi connectivity index (χ1n) is 6.87. The van der Waals surface area contributed by atoms with Crippen molar-refractivity contribution in [3.8, 4) is 0 Å². The Hall–Kier alpha value is -1.83. The van der Waals surface area contributed by atoms with Gasteiger partial charge in [0.25, 0.3) is 0 Å². The molecule has 0 saturated carbocycles. The topological polar surface area (TPSA) is 83.5 Å². The van der Waals surface area contributed by atoms with E-state index in [-0.39, 0.29) is 4.90 Å². The number of sulfonamides is 1. The van der Waals surface area contributed by atoms with Crippen molar-refractivity contribution in [1.82, 2.24) is 4.72 Å². The summed E-state index contributed by atoms with van der Waals surface area (Å²) < 4.78 is 26.3. The summed E-state index contributed by atoms with van der Waals surface area (Å²) in [5, 5.41) is 8.79. The van der Waals surface area contributed by atoms with Crippen LogP contribution < -0.4 is 4.72 Å². The van der Waals surface area contributed by atoms with E-state index in [1.807, 2.05) is 31.2 Å². The van der Waals surface area contributed by atoms with E-state index in [0.29, 0.717) is 0 Å². The highest BCUT2D eigenvalue weighted by atomic mass is 32.2. The van der Waals surface area contributed by atoms with Gasteiger partial charge in [0.2, 0.25) is 10.0 Å². The van der Waals surface area contributed by atoms with E-state index in [0.717, 1.165) is 9.79 Å². The molecule has 0 aliphatic carbocycles. The van der Waals surface area contributed by atoms with Crippen molar-refractivity contribution in [3.05, 3.63) is 54.1 Å². The third-order valence-corrected chi connectivity index (χ3v) is 5.67. The zero-order chi connectivity index (χ0) is 17.0. The fourth-order valence-corrected chi connectivity index (χ4v) is 3.79. The lowest BCUT2D eigenvalue weighted by Gasteiger charge is -2.10. The van der Waals surface area contributed by atoms with Crippen LogP contribution in [0.25, 0.3) is 0 Å². The van der Waals surface area contributed by atoms with Crippen LogP contribution in [0.1, 0.15) is 12.5 Å². The third-order valence-electron chi connectivity index (χ3n) is 3.09. The maximum absolute atomic E-state index is 12.1. The van der Waals surface area contributed by atoms with Crippen LogP contribution in [0.2, 0.25) is 0 Å². The quantitative estimate of drug-likeness (QED) is 0.836. The fourth-order valence-electron chi connectivity index (χ4n) is 1.78. The van der Waals surface area contributed by atoms with Crippen LogP contribution in [0.5, 0.6) is 0 Å². The maximum Gasteiger partial charge on any atom is 0.321 e. The summed E-state index contributed by atoms with van der Waals surface area (Å²) in [6.07, 6.45) is 0. The number of aryl methyl sites for hydroxylation is 1. The fraction of sp³-hybridized carbons (Fsp3) is 0.188. The molecule has 2 N–H and O–H groups in total. The molecule has 1 atom stereocenters. The van der Waals surface area contributed by atoms with Crippen molar-refractivity contribution in [2.75, 3.05) is 0 Å². The Labute approximate surface area is 139 Å². The summed E-state index contributed by atoms with van der Waals surface area (Å²) in [7, 11) is -3.84. The van der Waals surface area contributed by atoms with E-state index in [1.54, 1.807) is 12.1 Å². The first-order chi connectivity index (χ1) is 10.8. The maximum atomic E-state index is 12.1. The SMILES string of the molecule is Cc1ccc(Sc2ccc(S(=O)(=O)NC(C)C(=O)O)cc2)cc1. The van der Waals surface area contributed by atoms with Gasteiger partial charge in [-0.15, -0.1) is 0 Å². The first-order valence-corrected chi connectivity index (χ1v) is 9.17.